The van der Waals surface area contributed by atoms with Gasteiger partial charge in [0.2, 0.25) is 0 Å². The minimum absolute atomic E-state index is 0.632. The van der Waals surface area contributed by atoms with Gasteiger partial charge < -0.3 is 14.6 Å². The quantitative estimate of drug-likeness (QED) is 0.400. The van der Waals surface area contributed by atoms with E-state index in [2.05, 4.69) is 9.47 Å². The highest BCUT2D eigenvalue weighted by Crippen LogP contribution is 2.22. The number of methoxy groups -OCH3 is 1. The largest absolute Gasteiger partial charge is 0.479 e. The first-order valence-electron chi connectivity index (χ1n) is 2.63. The van der Waals surface area contributed by atoms with Gasteiger partial charge in [-0.2, -0.15) is 0 Å². The number of hydrogen-bond acceptors (Lipinski definition) is 4. The molecule has 0 radical (unpaired) electrons. The number of carboxylic acid groups (broad SMARTS) is 1. The summed E-state index contributed by atoms with van der Waals surface area (Å²) in [6.07, 6.45) is -1.88. The maximum absolute atomic E-state index is 10.5. The molecule has 1 fully saturated rings. The van der Waals surface area contributed by atoms with E-state index in [1.54, 1.807) is 0 Å². The number of hydrogen-bond donors (Lipinski definition) is 1. The topological polar surface area (TPSA) is 76.1 Å². The molecule has 1 rings (SSSR count). The second kappa shape index (κ2) is 2.26. The third kappa shape index (κ3) is 1.08. The predicted octanol–water partition coefficient (Wildman–Crippen LogP) is -0.989. The molecule has 0 amide bonds. The zero-order valence-corrected chi connectivity index (χ0v) is 5.23. The van der Waals surface area contributed by atoms with E-state index in [4.69, 9.17) is 5.11 Å². The van der Waals surface area contributed by atoms with Crippen LogP contribution in [-0.4, -0.2) is 36.4 Å². The van der Waals surface area contributed by atoms with Crippen molar-refractivity contribution in [2.24, 2.45) is 0 Å². The first-order chi connectivity index (χ1) is 4.66. The molecule has 0 aromatic carbocycles. The SMILES string of the molecule is COC(=O)[C@H]1O[C@@H]1C(=O)O. The summed E-state index contributed by atoms with van der Waals surface area (Å²) < 4.78 is 8.68. The molecule has 5 heteroatoms. The van der Waals surface area contributed by atoms with Gasteiger partial charge in [0.25, 0.3) is 0 Å². The van der Waals surface area contributed by atoms with Gasteiger partial charge in [0.1, 0.15) is 0 Å². The number of carbonyl (C=O) groups is 2. The number of epoxide rings is 1. The third-order valence-electron chi connectivity index (χ3n) is 1.17. The number of carbonyl (C=O) groups excluding carboxylic acids is 1. The molecule has 1 N–H and O–H groups in total. The van der Waals surface area contributed by atoms with Crippen molar-refractivity contribution in [1.29, 1.82) is 0 Å². The highest BCUT2D eigenvalue weighted by atomic mass is 16.6. The first kappa shape index (κ1) is 7.01. The molecule has 0 aliphatic carbocycles. The summed E-state index contributed by atoms with van der Waals surface area (Å²) in [6, 6.07) is 0. The number of aliphatic carboxylic acids is 1. The van der Waals surface area contributed by atoms with Crippen LogP contribution >= 0.6 is 0 Å². The highest BCUT2D eigenvalue weighted by molar-refractivity contribution is 5.88. The van der Waals surface area contributed by atoms with E-state index in [9.17, 15) is 9.59 Å². The minimum atomic E-state index is -1.13. The van der Waals surface area contributed by atoms with Crippen LogP contribution in [0, 0.1) is 0 Å². The normalized spacial score (nSPS) is 29.3. The lowest BCUT2D eigenvalue weighted by molar-refractivity contribution is -0.143. The van der Waals surface area contributed by atoms with Crippen molar-refractivity contribution >= 4 is 11.9 Å². The molecule has 2 atom stereocenters. The van der Waals surface area contributed by atoms with Gasteiger partial charge in [-0.25, -0.2) is 9.59 Å². The predicted molar refractivity (Wildman–Crippen MR) is 28.3 cm³/mol. The van der Waals surface area contributed by atoms with Crippen molar-refractivity contribution in [2.45, 2.75) is 12.2 Å². The fourth-order valence-corrected chi connectivity index (χ4v) is 0.596. The number of esters is 1. The van der Waals surface area contributed by atoms with Crippen molar-refractivity contribution in [3.63, 3.8) is 0 Å². The van der Waals surface area contributed by atoms with Gasteiger partial charge in [-0.1, -0.05) is 0 Å². The average Bonchev–Trinajstić information content (AvgIpc) is 2.64. The van der Waals surface area contributed by atoms with Gasteiger partial charge in [0, 0.05) is 0 Å². The van der Waals surface area contributed by atoms with Gasteiger partial charge in [-0.05, 0) is 0 Å². The summed E-state index contributed by atoms with van der Waals surface area (Å²) in [5.41, 5.74) is 0. The van der Waals surface area contributed by atoms with E-state index < -0.39 is 24.1 Å². The summed E-state index contributed by atoms with van der Waals surface area (Å²) in [7, 11) is 1.18. The molecule has 1 aliphatic rings. The van der Waals surface area contributed by atoms with Crippen LogP contribution in [0.4, 0.5) is 0 Å². The Morgan fingerprint density at radius 1 is 1.50 bits per heavy atom. The summed E-state index contributed by atoms with van der Waals surface area (Å²) in [6.45, 7) is 0. The molecule has 5 nitrogen and oxygen atoms in total. The lowest BCUT2D eigenvalue weighted by atomic mass is 10.3. The van der Waals surface area contributed by atoms with Crippen LogP contribution in [0.2, 0.25) is 0 Å². The van der Waals surface area contributed by atoms with Crippen LogP contribution in [0.3, 0.4) is 0 Å². The minimum Gasteiger partial charge on any atom is -0.479 e. The highest BCUT2D eigenvalue weighted by Gasteiger charge is 2.51. The third-order valence-corrected chi connectivity index (χ3v) is 1.17. The second-order valence-electron chi connectivity index (χ2n) is 1.84. The molecule has 0 spiro atoms. The number of rotatable bonds is 2. The van der Waals surface area contributed by atoms with E-state index in [-0.39, 0.29) is 0 Å². The van der Waals surface area contributed by atoms with E-state index in [1.165, 1.54) is 7.11 Å². The molecule has 1 heterocycles. The molecule has 0 unspecified atom stereocenters. The summed E-state index contributed by atoms with van der Waals surface area (Å²) in [4.78, 5) is 20.5. The summed E-state index contributed by atoms with van der Waals surface area (Å²) in [5, 5.41) is 8.24. The first-order valence-corrected chi connectivity index (χ1v) is 2.63. The molecule has 0 saturated carbocycles. The second-order valence-corrected chi connectivity index (χ2v) is 1.84. The maximum Gasteiger partial charge on any atom is 0.338 e. The van der Waals surface area contributed by atoms with Crippen molar-refractivity contribution in [3.8, 4) is 0 Å². The van der Waals surface area contributed by atoms with Crippen LogP contribution < -0.4 is 0 Å². The Balaban J connectivity index is 2.38. The van der Waals surface area contributed by atoms with Crippen LogP contribution in [0.25, 0.3) is 0 Å². The van der Waals surface area contributed by atoms with Crippen molar-refractivity contribution in [1.82, 2.24) is 0 Å². The molecule has 0 bridgehead atoms. The Hall–Kier alpha value is -1.10. The number of ether oxygens (including phenoxy) is 2. The van der Waals surface area contributed by atoms with Crippen LogP contribution in [0.15, 0.2) is 0 Å². The molecule has 56 valence electrons. The Labute approximate surface area is 56.5 Å². The lowest BCUT2D eigenvalue weighted by Gasteiger charge is -1.88. The summed E-state index contributed by atoms with van der Waals surface area (Å²) >= 11 is 0. The number of carboxylic acids is 1. The van der Waals surface area contributed by atoms with Crippen LogP contribution in [0.5, 0.6) is 0 Å². The monoisotopic (exact) mass is 146 g/mol. The molecular formula is C5H6O5. The van der Waals surface area contributed by atoms with Gasteiger partial charge in [0.15, 0.2) is 12.2 Å². The Kier molecular flexibility index (Phi) is 1.58. The van der Waals surface area contributed by atoms with E-state index in [0.29, 0.717) is 0 Å². The molecule has 1 aliphatic heterocycles. The van der Waals surface area contributed by atoms with Crippen molar-refractivity contribution in [2.75, 3.05) is 7.11 Å². The zero-order chi connectivity index (χ0) is 7.72. The molecule has 1 saturated heterocycles. The van der Waals surface area contributed by atoms with Gasteiger partial charge in [-0.15, -0.1) is 0 Å². The van der Waals surface area contributed by atoms with Gasteiger partial charge >= 0.3 is 11.9 Å². The van der Waals surface area contributed by atoms with E-state index >= 15 is 0 Å². The van der Waals surface area contributed by atoms with Crippen LogP contribution in [-0.2, 0) is 19.1 Å². The van der Waals surface area contributed by atoms with Crippen molar-refractivity contribution in [3.05, 3.63) is 0 Å². The average molecular weight is 146 g/mol. The standard InChI is InChI=1S/C5H6O5/c1-9-5(8)3-2(10-3)4(6)7/h2-3H,1H3,(H,6,7)/t2-,3-/m0/s1. The Morgan fingerprint density at radius 2 is 2.10 bits per heavy atom. The lowest BCUT2D eigenvalue weighted by Crippen LogP contribution is -2.16. The Morgan fingerprint density at radius 3 is 2.40 bits per heavy atom. The zero-order valence-electron chi connectivity index (χ0n) is 5.23. The molecule has 0 aromatic heterocycles. The van der Waals surface area contributed by atoms with Gasteiger partial charge in [0.05, 0.1) is 7.11 Å². The molecular weight excluding hydrogens is 140 g/mol. The van der Waals surface area contributed by atoms with Gasteiger partial charge in [-0.3, -0.25) is 0 Å². The Bertz CT molecular complexity index is 175. The van der Waals surface area contributed by atoms with Crippen molar-refractivity contribution < 1.29 is 24.2 Å². The van der Waals surface area contributed by atoms with E-state index in [0.717, 1.165) is 0 Å². The molecule has 0 aromatic rings. The summed E-state index contributed by atoms with van der Waals surface area (Å²) in [5.74, 6) is -1.76. The van der Waals surface area contributed by atoms with Crippen LogP contribution in [0.1, 0.15) is 0 Å². The smallest absolute Gasteiger partial charge is 0.338 e. The molecule has 10 heavy (non-hydrogen) atoms. The maximum atomic E-state index is 10.5. The van der Waals surface area contributed by atoms with E-state index in [1.807, 2.05) is 0 Å². The fraction of sp³-hybridized carbons (Fsp3) is 0.600. The fourth-order valence-electron chi connectivity index (χ4n) is 0.596.